The molecule has 3 heteroatoms. The van der Waals surface area contributed by atoms with Gasteiger partial charge in [-0.1, -0.05) is 35.8 Å². The van der Waals surface area contributed by atoms with Gasteiger partial charge in [-0.2, -0.15) is 0 Å². The highest BCUT2D eigenvalue weighted by atomic mass is 79.9. The van der Waals surface area contributed by atoms with Gasteiger partial charge in [0.25, 0.3) is 0 Å². The Morgan fingerprint density at radius 1 is 1.16 bits per heavy atom. The number of halogens is 1. The number of nitrogens with one attached hydrogen (secondary N) is 1. The van der Waals surface area contributed by atoms with Crippen molar-refractivity contribution in [2.45, 2.75) is 40.2 Å². The summed E-state index contributed by atoms with van der Waals surface area (Å²) in [5.74, 6) is 0. The summed E-state index contributed by atoms with van der Waals surface area (Å²) in [7, 11) is 0. The van der Waals surface area contributed by atoms with Gasteiger partial charge in [-0.25, -0.2) is 0 Å². The molecular weight excluding hydrogens is 300 g/mol. The Morgan fingerprint density at radius 2 is 1.84 bits per heavy atom. The van der Waals surface area contributed by atoms with Gasteiger partial charge in [-0.3, -0.25) is 0 Å². The van der Waals surface area contributed by atoms with Gasteiger partial charge >= 0.3 is 0 Å². The van der Waals surface area contributed by atoms with E-state index in [-0.39, 0.29) is 11.0 Å². The third-order valence-corrected chi connectivity index (χ3v) is 4.80. The molecule has 0 saturated carbocycles. The van der Waals surface area contributed by atoms with Crippen molar-refractivity contribution < 1.29 is 0 Å². The molecule has 1 N–H and O–H groups in total. The predicted octanol–water partition coefficient (Wildman–Crippen LogP) is 3.97. The highest BCUT2D eigenvalue weighted by Gasteiger charge is 2.35. The zero-order chi connectivity index (χ0) is 14.3. The smallest absolute Gasteiger partial charge is 0.0470 e. The van der Waals surface area contributed by atoms with Gasteiger partial charge in [0.05, 0.1) is 0 Å². The summed E-state index contributed by atoms with van der Waals surface area (Å²) in [6.45, 7) is 14.6. The normalized spacial score (nSPS) is 22.1. The van der Waals surface area contributed by atoms with Crippen molar-refractivity contribution in [3.05, 3.63) is 28.2 Å². The minimum Gasteiger partial charge on any atom is -0.365 e. The Labute approximate surface area is 125 Å². The summed E-state index contributed by atoms with van der Waals surface area (Å²) in [4.78, 5) is 2.54. The van der Waals surface area contributed by atoms with Crippen molar-refractivity contribution in [1.82, 2.24) is 5.32 Å². The van der Waals surface area contributed by atoms with E-state index in [9.17, 15) is 0 Å². The van der Waals surface area contributed by atoms with E-state index in [2.05, 4.69) is 79.0 Å². The van der Waals surface area contributed by atoms with Crippen LogP contribution in [0.4, 0.5) is 5.69 Å². The number of hydrogen-bond acceptors (Lipinski definition) is 2. The third-order valence-electron chi connectivity index (χ3n) is 3.95. The second kappa shape index (κ2) is 5.10. The van der Waals surface area contributed by atoms with Crippen molar-refractivity contribution >= 4 is 21.6 Å². The minimum atomic E-state index is 0.127. The van der Waals surface area contributed by atoms with Gasteiger partial charge in [-0.15, -0.1) is 0 Å². The van der Waals surface area contributed by atoms with Crippen LogP contribution in [0.1, 0.15) is 33.3 Å². The molecule has 0 spiro atoms. The molecule has 0 bridgehead atoms. The van der Waals surface area contributed by atoms with Gasteiger partial charge in [0, 0.05) is 35.3 Å². The van der Waals surface area contributed by atoms with E-state index in [0.29, 0.717) is 0 Å². The van der Waals surface area contributed by atoms with E-state index < -0.39 is 0 Å². The second-order valence-corrected chi connectivity index (χ2v) is 7.95. The molecule has 0 atom stereocenters. The maximum absolute atomic E-state index is 3.66. The molecule has 1 aliphatic heterocycles. The van der Waals surface area contributed by atoms with Gasteiger partial charge in [0.2, 0.25) is 0 Å². The van der Waals surface area contributed by atoms with Crippen molar-refractivity contribution in [3.8, 4) is 0 Å². The molecule has 2 nitrogen and oxygen atoms in total. The summed E-state index contributed by atoms with van der Waals surface area (Å²) >= 11 is 3.66. The summed E-state index contributed by atoms with van der Waals surface area (Å²) in [6.07, 6.45) is 0. The van der Waals surface area contributed by atoms with E-state index in [1.807, 2.05) is 0 Å². The molecule has 2 rings (SSSR count). The number of benzene rings is 1. The van der Waals surface area contributed by atoms with Crippen LogP contribution in [0.3, 0.4) is 0 Å². The van der Waals surface area contributed by atoms with E-state index in [1.165, 1.54) is 15.7 Å². The molecule has 1 heterocycles. The molecule has 0 aliphatic carbocycles. The number of hydrogen-bond donors (Lipinski definition) is 1. The average molecular weight is 325 g/mol. The Hall–Kier alpha value is -0.540. The summed E-state index contributed by atoms with van der Waals surface area (Å²) < 4.78 is 1.19. The van der Waals surface area contributed by atoms with Crippen LogP contribution < -0.4 is 10.2 Å². The van der Waals surface area contributed by atoms with E-state index in [4.69, 9.17) is 0 Å². The predicted molar refractivity (Wildman–Crippen MR) is 87.0 cm³/mol. The zero-order valence-electron chi connectivity index (χ0n) is 12.7. The topological polar surface area (TPSA) is 15.3 Å². The molecule has 19 heavy (non-hydrogen) atoms. The van der Waals surface area contributed by atoms with Crippen LogP contribution in [0.15, 0.2) is 22.7 Å². The SMILES string of the molecule is Cc1ccc(N2CC(C)(C)CNCC2(C)C)cc1Br. The van der Waals surface area contributed by atoms with Gasteiger partial charge in [-0.05, 0) is 43.9 Å². The molecule has 0 radical (unpaired) electrons. The van der Waals surface area contributed by atoms with E-state index >= 15 is 0 Å². The summed E-state index contributed by atoms with van der Waals surface area (Å²) in [6, 6.07) is 6.68. The fourth-order valence-electron chi connectivity index (χ4n) is 2.69. The Kier molecular flexibility index (Phi) is 3.99. The van der Waals surface area contributed by atoms with Crippen LogP contribution >= 0.6 is 15.9 Å². The highest BCUT2D eigenvalue weighted by molar-refractivity contribution is 9.10. The zero-order valence-corrected chi connectivity index (χ0v) is 14.3. The molecule has 1 aromatic rings. The first-order valence-electron chi connectivity index (χ1n) is 6.96. The first kappa shape index (κ1) is 14.9. The molecule has 0 unspecified atom stereocenters. The molecule has 0 amide bonds. The third kappa shape index (κ3) is 3.32. The first-order chi connectivity index (χ1) is 8.71. The van der Waals surface area contributed by atoms with Crippen LogP contribution in [0.5, 0.6) is 0 Å². The van der Waals surface area contributed by atoms with Crippen LogP contribution in [0, 0.1) is 12.3 Å². The average Bonchev–Trinajstić information content (AvgIpc) is 2.39. The van der Waals surface area contributed by atoms with Crippen LogP contribution in [-0.4, -0.2) is 25.2 Å². The monoisotopic (exact) mass is 324 g/mol. The maximum atomic E-state index is 3.66. The minimum absolute atomic E-state index is 0.127. The van der Waals surface area contributed by atoms with Crippen molar-refractivity contribution in [1.29, 1.82) is 0 Å². The second-order valence-electron chi connectivity index (χ2n) is 7.10. The number of rotatable bonds is 1. The highest BCUT2D eigenvalue weighted by Crippen LogP contribution is 2.33. The van der Waals surface area contributed by atoms with Crippen LogP contribution in [-0.2, 0) is 0 Å². The summed E-state index contributed by atoms with van der Waals surface area (Å²) in [5.41, 5.74) is 3.00. The number of anilines is 1. The Bertz CT molecular complexity index is 466. The van der Waals surface area contributed by atoms with Crippen molar-refractivity contribution in [2.24, 2.45) is 5.41 Å². The standard InChI is InChI=1S/C16H25BrN2/c1-12-6-7-13(8-14(12)17)19-11-15(2,3)9-18-10-16(19,4)5/h6-8,18H,9-11H2,1-5H3. The lowest BCUT2D eigenvalue weighted by molar-refractivity contribution is 0.365. The fourth-order valence-corrected chi connectivity index (χ4v) is 3.06. The molecule has 1 fully saturated rings. The lowest BCUT2D eigenvalue weighted by Crippen LogP contribution is -2.49. The van der Waals surface area contributed by atoms with Crippen molar-refractivity contribution in [2.75, 3.05) is 24.5 Å². The van der Waals surface area contributed by atoms with E-state index in [1.54, 1.807) is 0 Å². The molecule has 0 aromatic heterocycles. The first-order valence-corrected chi connectivity index (χ1v) is 7.75. The van der Waals surface area contributed by atoms with Crippen LogP contribution in [0.2, 0.25) is 0 Å². The lowest BCUT2D eigenvalue weighted by atomic mass is 9.91. The largest absolute Gasteiger partial charge is 0.365 e. The fraction of sp³-hybridized carbons (Fsp3) is 0.625. The number of aryl methyl sites for hydroxylation is 1. The van der Waals surface area contributed by atoms with Gasteiger partial charge in [0.15, 0.2) is 0 Å². The van der Waals surface area contributed by atoms with E-state index in [0.717, 1.165) is 19.6 Å². The molecule has 106 valence electrons. The molecule has 1 saturated heterocycles. The maximum Gasteiger partial charge on any atom is 0.0470 e. The van der Waals surface area contributed by atoms with Crippen molar-refractivity contribution in [3.63, 3.8) is 0 Å². The van der Waals surface area contributed by atoms with Gasteiger partial charge < -0.3 is 10.2 Å². The lowest BCUT2D eigenvalue weighted by Gasteiger charge is -2.41. The molecule has 1 aromatic carbocycles. The Morgan fingerprint density at radius 3 is 2.47 bits per heavy atom. The molecular formula is C16H25BrN2. The Balaban J connectivity index is 2.39. The molecule has 1 aliphatic rings. The number of nitrogens with zero attached hydrogens (tertiary/aromatic N) is 1. The quantitative estimate of drug-likeness (QED) is 0.840. The van der Waals surface area contributed by atoms with Crippen LogP contribution in [0.25, 0.3) is 0 Å². The summed E-state index contributed by atoms with van der Waals surface area (Å²) in [5, 5.41) is 3.60. The van der Waals surface area contributed by atoms with Gasteiger partial charge in [0.1, 0.15) is 0 Å².